The predicted octanol–water partition coefficient (Wildman–Crippen LogP) is -1.62. The van der Waals surface area contributed by atoms with Crippen molar-refractivity contribution in [1.29, 1.82) is 0 Å². The summed E-state index contributed by atoms with van der Waals surface area (Å²) in [6.07, 6.45) is -6.96. The lowest BCUT2D eigenvalue weighted by Gasteiger charge is -2.44. The number of carbonyl (C=O) groups excluding carboxylic acids is 5. The minimum atomic E-state index is -1.51. The highest BCUT2D eigenvalue weighted by molar-refractivity contribution is 5.81. The van der Waals surface area contributed by atoms with Gasteiger partial charge >= 0.3 is 29.6 Å². The van der Waals surface area contributed by atoms with Crippen LogP contribution >= 0.6 is 0 Å². The molecule has 2 N–H and O–H groups in total. The Morgan fingerprint density at radius 1 is 0.943 bits per heavy atom. The fraction of sp³-hybridized carbons (Fsp3) is 0.550. The van der Waals surface area contributed by atoms with Gasteiger partial charge in [-0.1, -0.05) is 0 Å². The summed E-state index contributed by atoms with van der Waals surface area (Å²) < 4.78 is 27.2. The van der Waals surface area contributed by atoms with Gasteiger partial charge in [0, 0.05) is 34.7 Å². The Hall–Kier alpha value is -4.01. The number of ether oxygens (including phenoxy) is 5. The first kappa shape index (κ1) is 27.2. The molecule has 0 bridgehead atoms. The van der Waals surface area contributed by atoms with E-state index in [1.165, 1.54) is 0 Å². The van der Waals surface area contributed by atoms with Gasteiger partial charge in [0.15, 0.2) is 30.8 Å². The Morgan fingerprint density at radius 3 is 2.00 bits per heavy atom. The standard InChI is InChI=1S/C20H25N3O12/c1-8(25)31-7-13-14(32-9(2)26)15(33-10(3)27)16(34-11(4)28)18(35-13)21-17-12(6-24)19(29)23(5)20(30)22-17/h6,13-16,18,21H,7H2,1-5H3,(H,22,30)/t13-,14+,15-,16-,18+/m0/s1. The van der Waals surface area contributed by atoms with Crippen LogP contribution in [0.25, 0.3) is 0 Å². The summed E-state index contributed by atoms with van der Waals surface area (Å²) in [7, 11) is 1.15. The molecule has 1 aromatic rings. The smallest absolute Gasteiger partial charge is 0.329 e. The van der Waals surface area contributed by atoms with E-state index in [0.29, 0.717) is 4.57 Å². The van der Waals surface area contributed by atoms with Crippen LogP contribution in [0.1, 0.15) is 38.1 Å². The summed E-state index contributed by atoms with van der Waals surface area (Å²) in [6.45, 7) is 3.80. The summed E-state index contributed by atoms with van der Waals surface area (Å²) in [5.41, 5.74) is -2.30. The molecule has 0 unspecified atom stereocenters. The summed E-state index contributed by atoms with van der Waals surface area (Å²) in [6, 6.07) is 0. The number of H-pyrrole nitrogens is 1. The van der Waals surface area contributed by atoms with Gasteiger partial charge in [0.25, 0.3) is 5.56 Å². The largest absolute Gasteiger partial charge is 0.463 e. The van der Waals surface area contributed by atoms with Gasteiger partial charge in [-0.05, 0) is 0 Å². The number of aromatic nitrogens is 2. The van der Waals surface area contributed by atoms with E-state index in [0.717, 1.165) is 34.7 Å². The molecule has 2 rings (SSSR count). The number of nitrogens with one attached hydrogen (secondary N) is 2. The van der Waals surface area contributed by atoms with Crippen LogP contribution in [0.3, 0.4) is 0 Å². The molecule has 1 fully saturated rings. The molecule has 0 amide bonds. The highest BCUT2D eigenvalue weighted by Crippen LogP contribution is 2.30. The SMILES string of the molecule is CC(=O)OC[C@@H]1O[C@@H](Nc2[nH]c(=O)n(C)c(=O)c2C=O)[C@@H](OC(C)=O)[C@@H](OC(C)=O)[C@@H]1OC(C)=O. The lowest BCUT2D eigenvalue weighted by atomic mass is 9.97. The minimum absolute atomic E-state index is 0.186. The van der Waals surface area contributed by atoms with Crippen molar-refractivity contribution in [2.75, 3.05) is 11.9 Å². The van der Waals surface area contributed by atoms with Gasteiger partial charge in [-0.15, -0.1) is 0 Å². The van der Waals surface area contributed by atoms with Crippen molar-refractivity contribution in [2.24, 2.45) is 7.05 Å². The zero-order valence-corrected chi connectivity index (χ0v) is 19.5. The molecule has 1 saturated heterocycles. The van der Waals surface area contributed by atoms with E-state index in [9.17, 15) is 33.6 Å². The van der Waals surface area contributed by atoms with Crippen LogP contribution in [0.15, 0.2) is 9.59 Å². The van der Waals surface area contributed by atoms with Crippen LogP contribution in [0, 0.1) is 0 Å². The van der Waals surface area contributed by atoms with Crippen LogP contribution in [0.4, 0.5) is 5.82 Å². The number of hydrogen-bond donors (Lipinski definition) is 2. The van der Waals surface area contributed by atoms with Crippen LogP contribution in [0.5, 0.6) is 0 Å². The average molecular weight is 499 g/mol. The molecule has 1 aliphatic rings. The summed E-state index contributed by atoms with van der Waals surface area (Å²) >= 11 is 0. The second kappa shape index (κ2) is 11.4. The summed E-state index contributed by atoms with van der Waals surface area (Å²) in [4.78, 5) is 85.1. The fourth-order valence-corrected chi connectivity index (χ4v) is 3.35. The molecular formula is C20H25N3O12. The Morgan fingerprint density at radius 2 is 1.49 bits per heavy atom. The second-order valence-electron chi connectivity index (χ2n) is 7.47. The molecule has 5 atom stereocenters. The van der Waals surface area contributed by atoms with Crippen molar-refractivity contribution in [2.45, 2.75) is 58.3 Å². The Bertz CT molecular complexity index is 1120. The van der Waals surface area contributed by atoms with Crippen molar-refractivity contribution in [3.8, 4) is 0 Å². The number of aldehydes is 1. The maximum Gasteiger partial charge on any atom is 0.329 e. The molecule has 15 heteroatoms. The molecule has 0 radical (unpaired) electrons. The second-order valence-corrected chi connectivity index (χ2v) is 7.47. The monoisotopic (exact) mass is 499 g/mol. The normalized spacial score (nSPS) is 23.5. The summed E-state index contributed by atoms with van der Waals surface area (Å²) in [5, 5.41) is 2.59. The van der Waals surface area contributed by atoms with E-state index >= 15 is 0 Å². The Balaban J connectivity index is 2.61. The molecule has 35 heavy (non-hydrogen) atoms. The third-order valence-electron chi connectivity index (χ3n) is 4.74. The van der Waals surface area contributed by atoms with E-state index in [2.05, 4.69) is 10.3 Å². The van der Waals surface area contributed by atoms with Gasteiger partial charge in [-0.25, -0.2) is 4.79 Å². The van der Waals surface area contributed by atoms with Crippen LogP contribution in [-0.2, 0) is 49.9 Å². The zero-order valence-electron chi connectivity index (χ0n) is 19.5. The van der Waals surface area contributed by atoms with E-state index < -0.39 is 77.9 Å². The first-order chi connectivity index (χ1) is 16.3. The van der Waals surface area contributed by atoms with E-state index in [1.54, 1.807) is 0 Å². The minimum Gasteiger partial charge on any atom is -0.463 e. The molecule has 15 nitrogen and oxygen atoms in total. The average Bonchev–Trinajstić information content (AvgIpc) is 2.74. The number of rotatable bonds is 8. The van der Waals surface area contributed by atoms with Crippen LogP contribution in [-0.4, -0.2) is 77.0 Å². The van der Waals surface area contributed by atoms with Gasteiger partial charge < -0.3 is 29.0 Å². The van der Waals surface area contributed by atoms with Crippen molar-refractivity contribution >= 4 is 36.0 Å². The first-order valence-corrected chi connectivity index (χ1v) is 10.2. The number of hydrogen-bond acceptors (Lipinski definition) is 13. The zero-order chi connectivity index (χ0) is 26.4. The van der Waals surface area contributed by atoms with Crippen LogP contribution in [0.2, 0.25) is 0 Å². The molecule has 0 aliphatic carbocycles. The van der Waals surface area contributed by atoms with E-state index in [-0.39, 0.29) is 12.1 Å². The quantitative estimate of drug-likeness (QED) is 0.235. The van der Waals surface area contributed by atoms with Gasteiger partial charge in [-0.2, -0.15) is 0 Å². The van der Waals surface area contributed by atoms with Gasteiger partial charge in [0.2, 0.25) is 0 Å². The third-order valence-corrected chi connectivity index (χ3v) is 4.74. The number of esters is 4. The van der Waals surface area contributed by atoms with E-state index in [4.69, 9.17) is 23.7 Å². The van der Waals surface area contributed by atoms with Crippen molar-refractivity contribution < 1.29 is 47.7 Å². The molecule has 0 saturated carbocycles. The molecule has 1 aliphatic heterocycles. The number of aromatic amines is 1. The molecular weight excluding hydrogens is 474 g/mol. The molecule has 0 spiro atoms. The predicted molar refractivity (Wildman–Crippen MR) is 113 cm³/mol. The lowest BCUT2D eigenvalue weighted by Crippen LogP contribution is -2.64. The van der Waals surface area contributed by atoms with Gasteiger partial charge in [0.1, 0.15) is 24.1 Å². The maximum absolute atomic E-state index is 12.3. The maximum atomic E-state index is 12.3. The highest BCUT2D eigenvalue weighted by atomic mass is 16.7. The van der Waals surface area contributed by atoms with E-state index in [1.807, 2.05) is 0 Å². The molecule has 0 aromatic carbocycles. The van der Waals surface area contributed by atoms with Crippen LogP contribution < -0.4 is 16.6 Å². The molecule has 2 heterocycles. The number of nitrogens with zero attached hydrogens (tertiary/aromatic N) is 1. The number of anilines is 1. The fourth-order valence-electron chi connectivity index (χ4n) is 3.35. The van der Waals surface area contributed by atoms with Gasteiger partial charge in [0.05, 0.1) is 0 Å². The first-order valence-electron chi connectivity index (χ1n) is 10.2. The third kappa shape index (κ3) is 6.75. The van der Waals surface area contributed by atoms with Crippen molar-refractivity contribution in [1.82, 2.24) is 9.55 Å². The van der Waals surface area contributed by atoms with Gasteiger partial charge in [-0.3, -0.25) is 38.3 Å². The topological polar surface area (TPSA) is 198 Å². The highest BCUT2D eigenvalue weighted by Gasteiger charge is 2.52. The van der Waals surface area contributed by atoms with Crippen molar-refractivity contribution in [3.63, 3.8) is 0 Å². The lowest BCUT2D eigenvalue weighted by molar-refractivity contribution is -0.247. The van der Waals surface area contributed by atoms with Crippen molar-refractivity contribution in [3.05, 3.63) is 26.4 Å². The molecule has 1 aromatic heterocycles. The molecule has 192 valence electrons. The number of carbonyl (C=O) groups is 5. The summed E-state index contributed by atoms with van der Waals surface area (Å²) in [5.74, 6) is -3.59. The Kier molecular flexibility index (Phi) is 8.88. The Labute approximate surface area is 197 Å².